The first kappa shape index (κ1) is 51.4. The van der Waals surface area contributed by atoms with Gasteiger partial charge >= 0.3 is 405 Å². The van der Waals surface area contributed by atoms with Gasteiger partial charge in [-0.2, -0.15) is 0 Å². The van der Waals surface area contributed by atoms with Gasteiger partial charge in [-0.05, 0) is 0 Å². The van der Waals surface area contributed by atoms with Crippen LogP contribution in [0.15, 0.2) is 71.8 Å². The van der Waals surface area contributed by atoms with Crippen molar-refractivity contribution in [3.63, 3.8) is 0 Å². The van der Waals surface area contributed by atoms with Crippen LogP contribution in [0.3, 0.4) is 0 Å². The average Bonchev–Trinajstić information content (AvgIpc) is 3.63. The van der Waals surface area contributed by atoms with E-state index in [2.05, 4.69) is 224 Å². The van der Waals surface area contributed by atoms with Crippen LogP contribution in [0.5, 0.6) is 0 Å². The summed E-state index contributed by atoms with van der Waals surface area (Å²) < 4.78 is 0.0347. The molecule has 4 heteroatoms. The second-order valence-corrected chi connectivity index (χ2v) is 69.9. The Morgan fingerprint density at radius 1 is 0.438 bits per heavy atom. The fourth-order valence-electron chi connectivity index (χ4n) is 10.9. The summed E-state index contributed by atoms with van der Waals surface area (Å²) in [5.41, 5.74) is 21.9. The van der Waals surface area contributed by atoms with E-state index in [4.69, 9.17) is 17.0 Å². The molecule has 0 radical (unpaired) electrons. The summed E-state index contributed by atoms with van der Waals surface area (Å²) in [6, 6.07) is 24.9. The molecule has 0 saturated carbocycles. The summed E-state index contributed by atoms with van der Waals surface area (Å²) in [6.07, 6.45) is 6.98. The van der Waals surface area contributed by atoms with Gasteiger partial charge in [0.1, 0.15) is 0 Å². The Balaban J connectivity index is 1.68. The van der Waals surface area contributed by atoms with E-state index in [9.17, 15) is 0 Å². The molecule has 2 aliphatic rings. The maximum atomic E-state index is 9.05. The third kappa shape index (κ3) is 10.1. The van der Waals surface area contributed by atoms with Gasteiger partial charge in [0.2, 0.25) is 0 Å². The zero-order valence-corrected chi connectivity index (χ0v) is 49.5. The molecule has 2 unspecified atom stereocenters. The molecule has 4 aromatic rings. The van der Waals surface area contributed by atoms with Crippen molar-refractivity contribution in [1.29, 1.82) is 0 Å². The Labute approximate surface area is 401 Å². The van der Waals surface area contributed by atoms with Crippen molar-refractivity contribution in [3.05, 3.63) is 127 Å². The molecule has 0 nitrogen and oxygen atoms in total. The molecule has 0 N–H and O–H groups in total. The van der Waals surface area contributed by atoms with Gasteiger partial charge in [-0.3, -0.25) is 0 Å². The predicted octanol–water partition coefficient (Wildman–Crippen LogP) is 19.0. The molecule has 0 saturated heterocycles. The Morgan fingerprint density at radius 3 is 0.953 bits per heavy atom. The van der Waals surface area contributed by atoms with Crippen LogP contribution in [-0.4, -0.2) is 5.92 Å². The molecule has 6 rings (SSSR count). The fourth-order valence-corrected chi connectivity index (χ4v) is 43.7. The van der Waals surface area contributed by atoms with E-state index in [1.54, 1.807) is 0 Å². The predicted molar refractivity (Wildman–Crippen MR) is 288 cm³/mol. The van der Waals surface area contributed by atoms with Gasteiger partial charge in [0.25, 0.3) is 0 Å². The van der Waals surface area contributed by atoms with Crippen LogP contribution < -0.4 is 0 Å². The summed E-state index contributed by atoms with van der Waals surface area (Å²) in [7, 11) is 18.1. The Morgan fingerprint density at radius 2 is 0.719 bits per heavy atom. The molecule has 0 spiro atoms. The summed E-state index contributed by atoms with van der Waals surface area (Å²) in [6.45, 7) is 52.1. The molecule has 0 heterocycles. The Hall–Kier alpha value is -1.96. The van der Waals surface area contributed by atoms with E-state index in [0.717, 1.165) is 12.8 Å². The van der Waals surface area contributed by atoms with E-state index in [1.165, 1.54) is 89.0 Å². The SMILES string of the molecule is CC1=Cc2c(-c3cc(C(C)(C)C)cc(C(C)(C)C)c3)cc(CC(C)(C)C)cc2[CH]1[Zr]([Cl])([Cl])([CH]1C(C)=Cc2c(-c3cc(C(C)(C)C)cc(C(C)(C)C)c3)cc(CC(C)(C)C)cc21)[SiH](C)C. The molecular weight excluding hydrogens is 911 g/mol. The molecule has 0 aliphatic heterocycles. The number of fused-ring (bicyclic) bond motifs is 2. The van der Waals surface area contributed by atoms with Gasteiger partial charge in [-0.15, -0.1) is 0 Å². The fraction of sp³-hybridized carbons (Fsp3) is 0.533. The van der Waals surface area contributed by atoms with E-state index in [-0.39, 0.29) is 39.7 Å². The van der Waals surface area contributed by atoms with Crippen LogP contribution in [-0.2, 0) is 50.1 Å². The molecule has 0 amide bonds. The molecule has 2 atom stereocenters. The van der Waals surface area contributed by atoms with Crippen molar-refractivity contribution >= 4 is 35.1 Å². The van der Waals surface area contributed by atoms with Crippen LogP contribution >= 0.6 is 17.0 Å². The Bertz CT molecular complexity index is 2300. The second kappa shape index (κ2) is 16.6. The van der Waals surface area contributed by atoms with Gasteiger partial charge in [0.05, 0.1) is 0 Å². The van der Waals surface area contributed by atoms with Crippen molar-refractivity contribution in [2.45, 2.75) is 193 Å². The molecule has 0 bridgehead atoms. The number of rotatable bonds is 7. The number of halogens is 2. The van der Waals surface area contributed by atoms with Crippen LogP contribution in [0.4, 0.5) is 0 Å². The topological polar surface area (TPSA) is 0 Å². The van der Waals surface area contributed by atoms with E-state index >= 15 is 0 Å². The van der Waals surface area contributed by atoms with Crippen LogP contribution in [0.25, 0.3) is 34.4 Å². The second-order valence-electron chi connectivity index (χ2n) is 27.4. The normalized spacial score (nSPS) is 18.2. The molecule has 0 aromatic heterocycles. The summed E-state index contributed by atoms with van der Waals surface area (Å²) >= 11 is -5.09. The van der Waals surface area contributed by atoms with E-state index in [0.29, 0.717) is 0 Å². The van der Waals surface area contributed by atoms with Crippen molar-refractivity contribution in [3.8, 4) is 22.3 Å². The van der Waals surface area contributed by atoms with Crippen LogP contribution in [0, 0.1) is 10.8 Å². The van der Waals surface area contributed by atoms with Gasteiger partial charge in [-0.25, -0.2) is 0 Å². The first-order valence-electron chi connectivity index (χ1n) is 24.4. The van der Waals surface area contributed by atoms with E-state index < -0.39 is 21.5 Å². The van der Waals surface area contributed by atoms with Gasteiger partial charge in [0.15, 0.2) is 0 Å². The third-order valence-corrected chi connectivity index (χ3v) is 66.7. The summed E-state index contributed by atoms with van der Waals surface area (Å²) in [5.74, 6) is -1.78. The van der Waals surface area contributed by atoms with Crippen LogP contribution in [0.2, 0.25) is 13.1 Å². The van der Waals surface area contributed by atoms with Crippen molar-refractivity contribution in [2.75, 3.05) is 0 Å². The van der Waals surface area contributed by atoms with Crippen LogP contribution in [0.1, 0.15) is 201 Å². The van der Waals surface area contributed by atoms with E-state index in [1.807, 2.05) is 0 Å². The first-order valence-corrected chi connectivity index (χ1v) is 40.7. The first-order chi connectivity index (χ1) is 28.8. The third-order valence-electron chi connectivity index (χ3n) is 14.4. The molecule has 347 valence electrons. The van der Waals surface area contributed by atoms with Gasteiger partial charge < -0.3 is 0 Å². The molecule has 2 aliphatic carbocycles. The van der Waals surface area contributed by atoms with Gasteiger partial charge in [0, 0.05) is 0 Å². The molecule has 4 aromatic carbocycles. The summed E-state index contributed by atoms with van der Waals surface area (Å²) in [5, 5.41) is 0. The molecule has 0 fully saturated rings. The standard InChI is InChI=1S/2C29H39.C2H7Si.2ClH.Zr/c2*1-19-11-21-13-20(18-27(2,3)4)14-26(25(21)12-19)22-15-23(28(5,6)7)17-24(16-22)29(8,9)10;1-3-2;;;/h2*11-17H,18H2,1-10H3;3H,1-2H3;2*1H;/q;;;;;+2/p-2. The quantitative estimate of drug-likeness (QED) is 0.162. The van der Waals surface area contributed by atoms with Crippen molar-refractivity contribution in [1.82, 2.24) is 0 Å². The number of hydrogen-bond acceptors (Lipinski definition) is 0. The monoisotopic (exact) mass is 993 g/mol. The minimum atomic E-state index is -5.09. The molecular formula is C60H85Cl2SiZr. The van der Waals surface area contributed by atoms with Crippen molar-refractivity contribution < 1.29 is 15.6 Å². The van der Waals surface area contributed by atoms with Crippen molar-refractivity contribution in [2.24, 2.45) is 10.8 Å². The zero-order valence-electron chi connectivity index (χ0n) is 44.3. The number of benzene rings is 4. The number of allylic oxidation sites excluding steroid dienone is 2. The maximum absolute atomic E-state index is 9.05. The minimum absolute atomic E-state index is 0.00839. The average molecular weight is 997 g/mol. The number of hydrogen-bond donors (Lipinski definition) is 0. The summed E-state index contributed by atoms with van der Waals surface area (Å²) in [4.78, 5) is 0. The Kier molecular flexibility index (Phi) is 13.4. The molecule has 64 heavy (non-hydrogen) atoms. The van der Waals surface area contributed by atoms with Gasteiger partial charge in [-0.1, -0.05) is 0 Å². The zero-order chi connectivity index (χ0) is 48.3.